The van der Waals surface area contributed by atoms with Crippen LogP contribution in [0.5, 0.6) is 0 Å². The van der Waals surface area contributed by atoms with Crippen LogP contribution in [0.3, 0.4) is 0 Å². The summed E-state index contributed by atoms with van der Waals surface area (Å²) < 4.78 is 0.949. The van der Waals surface area contributed by atoms with Crippen molar-refractivity contribution in [1.82, 2.24) is 0 Å². The van der Waals surface area contributed by atoms with Gasteiger partial charge in [-0.05, 0) is 49.1 Å². The molecule has 1 nitrogen and oxygen atoms in total. The molecule has 19 heavy (non-hydrogen) atoms. The number of carbonyl (C=O) groups is 1. The number of benzene rings is 2. The Kier molecular flexibility index (Phi) is 4.54. The summed E-state index contributed by atoms with van der Waals surface area (Å²) in [6.45, 7) is 4.21. The van der Waals surface area contributed by atoms with Crippen molar-refractivity contribution in [2.45, 2.75) is 26.7 Å². The quantitative estimate of drug-likeness (QED) is 0.734. The van der Waals surface area contributed by atoms with Gasteiger partial charge in [-0.3, -0.25) is 4.79 Å². The molecule has 2 heteroatoms. The van der Waals surface area contributed by atoms with Crippen LogP contribution in [-0.4, -0.2) is 5.78 Å². The monoisotopic (exact) mass is 316 g/mol. The molecule has 0 aromatic heterocycles. The van der Waals surface area contributed by atoms with Gasteiger partial charge in [0.2, 0.25) is 0 Å². The van der Waals surface area contributed by atoms with Gasteiger partial charge in [0.25, 0.3) is 0 Å². The van der Waals surface area contributed by atoms with E-state index in [1.54, 1.807) is 0 Å². The van der Waals surface area contributed by atoms with Crippen LogP contribution in [0.15, 0.2) is 46.9 Å². The molecule has 0 bridgehead atoms. The second-order valence-corrected chi connectivity index (χ2v) is 5.77. The van der Waals surface area contributed by atoms with Gasteiger partial charge < -0.3 is 0 Å². The topological polar surface area (TPSA) is 17.1 Å². The highest BCUT2D eigenvalue weighted by atomic mass is 79.9. The van der Waals surface area contributed by atoms with Gasteiger partial charge >= 0.3 is 0 Å². The summed E-state index contributed by atoms with van der Waals surface area (Å²) in [7, 11) is 0. The Hall–Kier alpha value is -1.41. The minimum Gasteiger partial charge on any atom is -0.294 e. The molecule has 0 atom stereocenters. The SMILES string of the molecule is Cc1ccc(CCC(=O)c2cccc(Br)c2)cc1C. The molecule has 0 aliphatic rings. The molecule has 0 spiro atoms. The molecule has 0 heterocycles. The lowest BCUT2D eigenvalue weighted by atomic mass is 10.00. The number of hydrogen-bond donors (Lipinski definition) is 0. The molecule has 0 saturated carbocycles. The normalized spacial score (nSPS) is 10.5. The number of Topliss-reactive ketones (excluding diaryl/α,β-unsaturated/α-hetero) is 1. The number of hydrogen-bond acceptors (Lipinski definition) is 1. The molecule has 0 radical (unpaired) electrons. The highest BCUT2D eigenvalue weighted by molar-refractivity contribution is 9.10. The summed E-state index contributed by atoms with van der Waals surface area (Å²) in [5.74, 6) is 0.194. The fourth-order valence-electron chi connectivity index (χ4n) is 2.02. The first-order valence-electron chi connectivity index (χ1n) is 6.41. The zero-order valence-corrected chi connectivity index (χ0v) is 12.8. The van der Waals surface area contributed by atoms with E-state index in [2.05, 4.69) is 48.0 Å². The smallest absolute Gasteiger partial charge is 0.163 e. The van der Waals surface area contributed by atoms with E-state index in [9.17, 15) is 4.79 Å². The zero-order chi connectivity index (χ0) is 13.8. The van der Waals surface area contributed by atoms with Crippen LogP contribution < -0.4 is 0 Å². The van der Waals surface area contributed by atoms with Gasteiger partial charge in [-0.15, -0.1) is 0 Å². The molecule has 0 aliphatic carbocycles. The molecular formula is C17H17BrO. The van der Waals surface area contributed by atoms with E-state index in [1.165, 1.54) is 16.7 Å². The fourth-order valence-corrected chi connectivity index (χ4v) is 2.42. The summed E-state index contributed by atoms with van der Waals surface area (Å²) in [5.41, 5.74) is 4.58. The van der Waals surface area contributed by atoms with Crippen molar-refractivity contribution in [3.05, 3.63) is 69.2 Å². The van der Waals surface area contributed by atoms with Crippen LogP contribution >= 0.6 is 15.9 Å². The molecule has 0 N–H and O–H groups in total. The maximum absolute atomic E-state index is 12.1. The zero-order valence-electron chi connectivity index (χ0n) is 11.2. The van der Waals surface area contributed by atoms with E-state index in [0.717, 1.165) is 16.5 Å². The Morgan fingerprint density at radius 1 is 1.05 bits per heavy atom. The number of rotatable bonds is 4. The summed E-state index contributed by atoms with van der Waals surface area (Å²) in [4.78, 5) is 12.1. The molecule has 0 saturated heterocycles. The average Bonchev–Trinajstić information content (AvgIpc) is 2.40. The Morgan fingerprint density at radius 2 is 1.84 bits per heavy atom. The van der Waals surface area contributed by atoms with E-state index in [4.69, 9.17) is 0 Å². The maximum atomic E-state index is 12.1. The summed E-state index contributed by atoms with van der Waals surface area (Å²) >= 11 is 3.39. The minimum absolute atomic E-state index is 0.194. The van der Waals surface area contributed by atoms with Crippen LogP contribution in [0.4, 0.5) is 0 Å². The Bertz CT molecular complexity index is 602. The molecule has 98 valence electrons. The minimum atomic E-state index is 0.194. The lowest BCUT2D eigenvalue weighted by molar-refractivity contribution is 0.0983. The highest BCUT2D eigenvalue weighted by Crippen LogP contribution is 2.16. The van der Waals surface area contributed by atoms with E-state index in [0.29, 0.717) is 6.42 Å². The van der Waals surface area contributed by atoms with Crippen LogP contribution in [0, 0.1) is 13.8 Å². The van der Waals surface area contributed by atoms with Crippen molar-refractivity contribution in [2.24, 2.45) is 0 Å². The van der Waals surface area contributed by atoms with E-state index in [1.807, 2.05) is 24.3 Å². The Balaban J connectivity index is 2.02. The lowest BCUT2D eigenvalue weighted by Crippen LogP contribution is -2.01. The van der Waals surface area contributed by atoms with Crippen molar-refractivity contribution in [3.8, 4) is 0 Å². The summed E-state index contributed by atoms with van der Waals surface area (Å²) in [5, 5.41) is 0. The molecule has 0 fully saturated rings. The molecule has 2 rings (SSSR count). The van der Waals surface area contributed by atoms with Crippen molar-refractivity contribution in [1.29, 1.82) is 0 Å². The molecule has 2 aromatic carbocycles. The Labute approximate surface area is 122 Å². The average molecular weight is 317 g/mol. The van der Waals surface area contributed by atoms with Crippen molar-refractivity contribution in [3.63, 3.8) is 0 Å². The maximum Gasteiger partial charge on any atom is 0.163 e. The molecule has 2 aromatic rings. The van der Waals surface area contributed by atoms with Gasteiger partial charge in [0.15, 0.2) is 5.78 Å². The summed E-state index contributed by atoms with van der Waals surface area (Å²) in [6.07, 6.45) is 1.35. The fraction of sp³-hybridized carbons (Fsp3) is 0.235. The standard InChI is InChI=1S/C17H17BrO/c1-12-6-7-14(10-13(12)2)8-9-17(19)15-4-3-5-16(18)11-15/h3-7,10-11H,8-9H2,1-2H3. The van der Waals surface area contributed by atoms with Crippen molar-refractivity contribution < 1.29 is 4.79 Å². The molecule has 0 unspecified atom stereocenters. The van der Waals surface area contributed by atoms with Gasteiger partial charge in [0, 0.05) is 16.5 Å². The largest absolute Gasteiger partial charge is 0.294 e. The van der Waals surface area contributed by atoms with Crippen molar-refractivity contribution in [2.75, 3.05) is 0 Å². The van der Waals surface area contributed by atoms with Crippen molar-refractivity contribution >= 4 is 21.7 Å². The molecule has 0 aliphatic heterocycles. The third-order valence-electron chi connectivity index (χ3n) is 3.36. The highest BCUT2D eigenvalue weighted by Gasteiger charge is 2.07. The van der Waals surface area contributed by atoms with Crippen LogP contribution in [0.25, 0.3) is 0 Å². The predicted molar refractivity (Wildman–Crippen MR) is 82.7 cm³/mol. The van der Waals surface area contributed by atoms with Gasteiger partial charge in [-0.1, -0.05) is 46.3 Å². The predicted octanol–water partition coefficient (Wildman–Crippen LogP) is 4.88. The van der Waals surface area contributed by atoms with E-state index >= 15 is 0 Å². The van der Waals surface area contributed by atoms with Gasteiger partial charge in [0.1, 0.15) is 0 Å². The summed E-state index contributed by atoms with van der Waals surface area (Å²) in [6, 6.07) is 14.0. The first kappa shape index (κ1) is 14.0. The van der Waals surface area contributed by atoms with Gasteiger partial charge in [-0.2, -0.15) is 0 Å². The van der Waals surface area contributed by atoms with Gasteiger partial charge in [0.05, 0.1) is 0 Å². The second-order valence-electron chi connectivity index (χ2n) is 4.85. The number of halogens is 1. The van der Waals surface area contributed by atoms with E-state index < -0.39 is 0 Å². The number of aryl methyl sites for hydroxylation is 3. The number of carbonyl (C=O) groups excluding carboxylic acids is 1. The van der Waals surface area contributed by atoms with Crippen LogP contribution in [-0.2, 0) is 6.42 Å². The van der Waals surface area contributed by atoms with Crippen LogP contribution in [0.1, 0.15) is 33.5 Å². The Morgan fingerprint density at radius 3 is 2.53 bits per heavy atom. The first-order chi connectivity index (χ1) is 9.06. The van der Waals surface area contributed by atoms with Crippen LogP contribution in [0.2, 0.25) is 0 Å². The third kappa shape index (κ3) is 3.77. The first-order valence-corrected chi connectivity index (χ1v) is 7.20. The molecule has 0 amide bonds. The molecular weight excluding hydrogens is 300 g/mol. The second kappa shape index (κ2) is 6.16. The van der Waals surface area contributed by atoms with Gasteiger partial charge in [-0.25, -0.2) is 0 Å². The lowest BCUT2D eigenvalue weighted by Gasteiger charge is -2.05. The van der Waals surface area contributed by atoms with E-state index in [-0.39, 0.29) is 5.78 Å². The third-order valence-corrected chi connectivity index (χ3v) is 3.85. The number of ketones is 1.